The quantitative estimate of drug-likeness (QED) is 0.410. The highest BCUT2D eigenvalue weighted by molar-refractivity contribution is 5.96. The van der Waals surface area contributed by atoms with Crippen LogP contribution >= 0.6 is 0 Å². The van der Waals surface area contributed by atoms with Crippen molar-refractivity contribution in [1.29, 1.82) is 0 Å². The van der Waals surface area contributed by atoms with Gasteiger partial charge in [-0.15, -0.1) is 0 Å². The number of amides is 1. The molecule has 0 atom stereocenters. The van der Waals surface area contributed by atoms with Crippen molar-refractivity contribution in [3.63, 3.8) is 0 Å². The van der Waals surface area contributed by atoms with E-state index < -0.39 is 5.82 Å². The largest absolute Gasteiger partial charge is 0.335 e. The van der Waals surface area contributed by atoms with Crippen LogP contribution in [0, 0.1) is 11.7 Å². The molecule has 31 heavy (non-hydrogen) atoms. The lowest BCUT2D eigenvalue weighted by molar-refractivity contribution is -0.118. The fraction of sp³-hybridized carbons (Fsp3) is 0.143. The number of fused-ring (bicyclic) bond motifs is 2. The summed E-state index contributed by atoms with van der Waals surface area (Å²) in [6.45, 7) is 3.58. The minimum atomic E-state index is -0.561. The second-order valence-electron chi connectivity index (χ2n) is 7.37. The summed E-state index contributed by atoms with van der Waals surface area (Å²) in [6.07, 6.45) is 7.79. The summed E-state index contributed by atoms with van der Waals surface area (Å²) in [5.41, 5.74) is 3.20. The molecule has 5 rings (SSSR count). The number of nitrogens with one attached hydrogen (secondary N) is 3. The molecule has 9 nitrogen and oxygen atoms in total. The van der Waals surface area contributed by atoms with Crippen molar-refractivity contribution in [2.45, 2.75) is 13.8 Å². The van der Waals surface area contributed by atoms with E-state index in [1.807, 2.05) is 0 Å². The zero-order chi connectivity index (χ0) is 21.5. The summed E-state index contributed by atoms with van der Waals surface area (Å²) >= 11 is 0. The van der Waals surface area contributed by atoms with Gasteiger partial charge < -0.3 is 10.3 Å². The van der Waals surface area contributed by atoms with E-state index in [2.05, 4.69) is 40.4 Å². The van der Waals surface area contributed by atoms with Crippen LogP contribution < -0.4 is 5.32 Å². The maximum absolute atomic E-state index is 15.6. The maximum atomic E-state index is 15.6. The van der Waals surface area contributed by atoms with Crippen LogP contribution in [-0.2, 0) is 4.79 Å². The van der Waals surface area contributed by atoms with Crippen LogP contribution in [0.4, 0.5) is 10.1 Å². The normalized spacial score (nSPS) is 11.5. The van der Waals surface area contributed by atoms with Gasteiger partial charge in [0.15, 0.2) is 11.6 Å². The molecule has 0 radical (unpaired) electrons. The molecule has 0 saturated carbocycles. The first-order chi connectivity index (χ1) is 15.0. The lowest BCUT2D eigenvalue weighted by atomic mass is 10.1. The Bertz CT molecular complexity index is 1410. The van der Waals surface area contributed by atoms with Crippen LogP contribution in [-0.4, -0.2) is 41.0 Å². The van der Waals surface area contributed by atoms with Crippen molar-refractivity contribution in [3.05, 3.63) is 48.9 Å². The van der Waals surface area contributed by atoms with Crippen molar-refractivity contribution in [2.75, 3.05) is 5.32 Å². The highest BCUT2D eigenvalue weighted by atomic mass is 19.1. The first-order valence-corrected chi connectivity index (χ1v) is 9.60. The highest BCUT2D eigenvalue weighted by Crippen LogP contribution is 2.32. The number of halogens is 1. The topological polar surface area (TPSA) is 125 Å². The zero-order valence-electron chi connectivity index (χ0n) is 16.6. The summed E-state index contributed by atoms with van der Waals surface area (Å²) in [5.74, 6) is -0.489. The van der Waals surface area contributed by atoms with Crippen molar-refractivity contribution in [2.24, 2.45) is 5.92 Å². The Morgan fingerprint density at radius 1 is 1.10 bits per heavy atom. The molecule has 5 heterocycles. The molecule has 0 spiro atoms. The molecule has 5 aromatic rings. The predicted molar refractivity (Wildman–Crippen MR) is 113 cm³/mol. The van der Waals surface area contributed by atoms with Gasteiger partial charge in [-0.25, -0.2) is 9.37 Å². The SMILES string of the molecule is CC(C)C(=O)Nc1cncc(-c2ncc3[nH]nc(-c4nc5ccncc5[nH]4)c3c2F)c1. The molecule has 0 saturated heterocycles. The van der Waals surface area contributed by atoms with Crippen LogP contribution in [0.5, 0.6) is 0 Å². The Morgan fingerprint density at radius 2 is 1.97 bits per heavy atom. The maximum Gasteiger partial charge on any atom is 0.226 e. The molecule has 5 aromatic heterocycles. The van der Waals surface area contributed by atoms with Crippen molar-refractivity contribution in [1.82, 2.24) is 35.1 Å². The zero-order valence-corrected chi connectivity index (χ0v) is 16.6. The van der Waals surface area contributed by atoms with Crippen LogP contribution in [0.15, 0.2) is 43.1 Å². The molecule has 0 unspecified atom stereocenters. The Labute approximate surface area is 175 Å². The number of pyridine rings is 3. The summed E-state index contributed by atoms with van der Waals surface area (Å²) in [7, 11) is 0. The molecule has 0 aliphatic carbocycles. The van der Waals surface area contributed by atoms with E-state index in [0.717, 1.165) is 5.52 Å². The monoisotopic (exact) mass is 416 g/mol. The molecule has 0 aromatic carbocycles. The lowest BCUT2D eigenvalue weighted by Gasteiger charge is -2.09. The van der Waals surface area contributed by atoms with E-state index >= 15 is 4.39 Å². The van der Waals surface area contributed by atoms with E-state index in [4.69, 9.17) is 0 Å². The van der Waals surface area contributed by atoms with Gasteiger partial charge in [-0.2, -0.15) is 5.10 Å². The second kappa shape index (κ2) is 7.24. The third-order valence-corrected chi connectivity index (χ3v) is 4.86. The molecular formula is C21H17FN8O. The number of hydrogen-bond donors (Lipinski definition) is 3. The summed E-state index contributed by atoms with van der Waals surface area (Å²) in [4.78, 5) is 32.0. The molecular weight excluding hydrogens is 399 g/mol. The van der Waals surface area contributed by atoms with Gasteiger partial charge in [-0.1, -0.05) is 13.8 Å². The van der Waals surface area contributed by atoms with Gasteiger partial charge in [0.25, 0.3) is 0 Å². The molecule has 0 aliphatic rings. The number of aromatic amines is 2. The molecule has 0 fully saturated rings. The van der Waals surface area contributed by atoms with Crippen molar-refractivity contribution >= 4 is 33.5 Å². The number of aromatic nitrogens is 7. The van der Waals surface area contributed by atoms with Crippen molar-refractivity contribution < 1.29 is 9.18 Å². The van der Waals surface area contributed by atoms with E-state index in [1.165, 1.54) is 18.6 Å². The number of nitrogens with zero attached hydrogens (tertiary/aromatic N) is 5. The second-order valence-corrected chi connectivity index (χ2v) is 7.37. The van der Waals surface area contributed by atoms with E-state index in [9.17, 15) is 4.79 Å². The van der Waals surface area contributed by atoms with Crippen LogP contribution in [0.3, 0.4) is 0 Å². The number of H-pyrrole nitrogens is 2. The Morgan fingerprint density at radius 3 is 2.77 bits per heavy atom. The first-order valence-electron chi connectivity index (χ1n) is 9.60. The molecule has 0 bridgehead atoms. The fourth-order valence-electron chi connectivity index (χ4n) is 3.24. The molecule has 0 aliphatic heterocycles. The van der Waals surface area contributed by atoms with Gasteiger partial charge in [0.2, 0.25) is 5.91 Å². The number of imidazole rings is 1. The van der Waals surface area contributed by atoms with Crippen LogP contribution in [0.1, 0.15) is 13.8 Å². The number of rotatable bonds is 4. The van der Waals surface area contributed by atoms with Gasteiger partial charge in [0.1, 0.15) is 11.4 Å². The molecule has 1 amide bonds. The molecule has 154 valence electrons. The minimum Gasteiger partial charge on any atom is -0.335 e. The Hall–Kier alpha value is -4.21. The third kappa shape index (κ3) is 3.27. The standard InChI is InChI=1S/C21H17FN8O/c1-10(2)21(31)26-12-5-11(6-24-7-12)18-17(22)16-15(9-25-18)29-30-19(16)20-27-13-3-4-23-8-14(13)28-20/h3-10H,1-2H3,(H,26,31)(H,27,28)(H,29,30). The fourth-order valence-corrected chi connectivity index (χ4v) is 3.24. The van der Waals surface area contributed by atoms with Crippen LogP contribution in [0.2, 0.25) is 0 Å². The molecule has 10 heteroatoms. The summed E-state index contributed by atoms with van der Waals surface area (Å²) < 4.78 is 15.6. The predicted octanol–water partition coefficient (Wildman–Crippen LogP) is 3.69. The third-order valence-electron chi connectivity index (χ3n) is 4.86. The Balaban J connectivity index is 1.61. The first kappa shape index (κ1) is 18.8. The number of carbonyl (C=O) groups excluding carboxylic acids is 1. The summed E-state index contributed by atoms with van der Waals surface area (Å²) in [6, 6.07) is 3.40. The van der Waals surface area contributed by atoms with Gasteiger partial charge >= 0.3 is 0 Å². The van der Waals surface area contributed by atoms with E-state index in [1.54, 1.807) is 38.4 Å². The Kier molecular flexibility index (Phi) is 4.39. The van der Waals surface area contributed by atoms with Gasteiger partial charge in [0.05, 0.1) is 46.2 Å². The minimum absolute atomic E-state index is 0.0982. The van der Waals surface area contributed by atoms with Crippen LogP contribution in [0.25, 0.3) is 44.7 Å². The van der Waals surface area contributed by atoms with Gasteiger partial charge in [0, 0.05) is 23.9 Å². The summed E-state index contributed by atoms with van der Waals surface area (Å²) in [5, 5.41) is 10.1. The average Bonchev–Trinajstić information content (AvgIpc) is 3.38. The number of carbonyl (C=O) groups is 1. The van der Waals surface area contributed by atoms with E-state index in [-0.39, 0.29) is 22.9 Å². The highest BCUT2D eigenvalue weighted by Gasteiger charge is 2.20. The van der Waals surface area contributed by atoms with Gasteiger partial charge in [-0.3, -0.25) is 24.8 Å². The number of anilines is 1. The average molecular weight is 416 g/mol. The van der Waals surface area contributed by atoms with Crippen molar-refractivity contribution in [3.8, 4) is 22.8 Å². The number of hydrogen-bond acceptors (Lipinski definition) is 6. The smallest absolute Gasteiger partial charge is 0.226 e. The van der Waals surface area contributed by atoms with E-state index in [0.29, 0.717) is 33.8 Å². The lowest BCUT2D eigenvalue weighted by Crippen LogP contribution is -2.17. The molecule has 3 N–H and O–H groups in total. The van der Waals surface area contributed by atoms with Gasteiger partial charge in [-0.05, 0) is 12.1 Å².